The van der Waals surface area contributed by atoms with Gasteiger partial charge in [-0.05, 0) is 54.7 Å². The van der Waals surface area contributed by atoms with Crippen LogP contribution in [0.2, 0.25) is 0 Å². The van der Waals surface area contributed by atoms with E-state index in [9.17, 15) is 14.7 Å². The Morgan fingerprint density at radius 3 is 2.61 bits per heavy atom. The number of aromatic nitrogens is 1. The molecule has 6 rings (SSSR count). The first-order valence-corrected chi connectivity index (χ1v) is 10.6. The Balaban J connectivity index is 1.23. The molecule has 0 radical (unpaired) electrons. The molecule has 2 N–H and O–H groups in total. The summed E-state index contributed by atoms with van der Waals surface area (Å²) in [6, 6.07) is 16.3. The first-order chi connectivity index (χ1) is 15.1. The fraction of sp³-hybridized carbons (Fsp3) is 0.240. The number of aliphatic hydroxyl groups is 1. The van der Waals surface area contributed by atoms with Crippen molar-refractivity contribution in [2.75, 3.05) is 10.2 Å². The number of carbonyl (C=O) groups excluding carboxylic acids is 2. The van der Waals surface area contributed by atoms with Crippen LogP contribution in [0.5, 0.6) is 0 Å². The van der Waals surface area contributed by atoms with Gasteiger partial charge in [0.2, 0.25) is 5.91 Å². The molecule has 6 heteroatoms. The number of hydrogen-bond acceptors (Lipinski definition) is 4. The number of hydrogen-bond donors (Lipinski definition) is 2. The summed E-state index contributed by atoms with van der Waals surface area (Å²) in [5.74, 6) is 0.0708. The number of pyridine rings is 1. The summed E-state index contributed by atoms with van der Waals surface area (Å²) in [6.45, 7) is 0. The van der Waals surface area contributed by atoms with Gasteiger partial charge in [0.15, 0.2) is 0 Å². The number of carbonyl (C=O) groups is 2. The topological polar surface area (TPSA) is 82.5 Å². The van der Waals surface area contributed by atoms with E-state index in [0.717, 1.165) is 17.3 Å². The lowest BCUT2D eigenvalue weighted by molar-refractivity contribution is -0.121. The molecular weight excluding hydrogens is 390 g/mol. The predicted octanol–water partition coefficient (Wildman–Crippen LogP) is 3.59. The molecular formula is C25H21N3O3. The molecule has 5 atom stereocenters. The van der Waals surface area contributed by atoms with Crippen molar-refractivity contribution in [3.05, 3.63) is 78.5 Å². The molecule has 31 heavy (non-hydrogen) atoms. The van der Waals surface area contributed by atoms with Crippen LogP contribution >= 0.6 is 0 Å². The maximum atomic E-state index is 13.0. The average Bonchev–Trinajstić information content (AvgIpc) is 3.48. The summed E-state index contributed by atoms with van der Waals surface area (Å²) in [5, 5.41) is 14.7. The monoisotopic (exact) mass is 411 g/mol. The van der Waals surface area contributed by atoms with Crippen molar-refractivity contribution in [1.82, 2.24) is 4.98 Å². The van der Waals surface area contributed by atoms with Gasteiger partial charge in [-0.15, -0.1) is 0 Å². The van der Waals surface area contributed by atoms with Crippen LogP contribution in [0, 0.1) is 23.7 Å². The Morgan fingerprint density at radius 1 is 1.03 bits per heavy atom. The molecule has 1 aliphatic heterocycles. The van der Waals surface area contributed by atoms with Crippen LogP contribution < -0.4 is 10.2 Å². The number of rotatable bonds is 3. The van der Waals surface area contributed by atoms with E-state index >= 15 is 0 Å². The van der Waals surface area contributed by atoms with Gasteiger partial charge in [0.05, 0.1) is 17.1 Å². The van der Waals surface area contributed by atoms with Crippen LogP contribution in [0.1, 0.15) is 16.8 Å². The Morgan fingerprint density at radius 2 is 1.81 bits per heavy atom. The minimum atomic E-state index is -0.820. The molecule has 2 aromatic carbocycles. The Labute approximate surface area is 179 Å². The van der Waals surface area contributed by atoms with Gasteiger partial charge < -0.3 is 10.4 Å². The van der Waals surface area contributed by atoms with Gasteiger partial charge in [-0.1, -0.05) is 30.4 Å². The largest absolute Gasteiger partial charge is 0.373 e. The second-order valence-corrected chi connectivity index (χ2v) is 8.55. The molecule has 1 aromatic heterocycles. The predicted molar refractivity (Wildman–Crippen MR) is 117 cm³/mol. The van der Waals surface area contributed by atoms with E-state index in [1.165, 1.54) is 4.90 Å². The van der Waals surface area contributed by atoms with Gasteiger partial charge in [-0.2, -0.15) is 0 Å². The Kier molecular flexibility index (Phi) is 3.98. The van der Waals surface area contributed by atoms with Crippen LogP contribution in [-0.4, -0.2) is 28.1 Å². The van der Waals surface area contributed by atoms with E-state index in [1.807, 2.05) is 30.3 Å². The van der Waals surface area contributed by atoms with Crippen molar-refractivity contribution < 1.29 is 14.7 Å². The highest BCUT2D eigenvalue weighted by atomic mass is 16.3. The summed E-state index contributed by atoms with van der Waals surface area (Å²) in [4.78, 5) is 31.7. The SMILES string of the molecule is O=C(Nc1cccc2cccnc12)c1ccc(N2C(=O)[C@H]3[C@@H](C2O)[C@H]2C=C[C@@H]3C2)cc1. The van der Waals surface area contributed by atoms with E-state index in [-0.39, 0.29) is 35.5 Å². The fourth-order valence-electron chi connectivity index (χ4n) is 5.53. The molecule has 3 aliphatic rings. The van der Waals surface area contributed by atoms with Gasteiger partial charge in [-0.25, -0.2) is 0 Å². The zero-order valence-corrected chi connectivity index (χ0v) is 16.7. The number of para-hydroxylation sites is 1. The minimum absolute atomic E-state index is 0.0200. The van der Waals surface area contributed by atoms with Crippen LogP contribution in [0.4, 0.5) is 11.4 Å². The Hall–Kier alpha value is -3.51. The van der Waals surface area contributed by atoms with Crippen molar-refractivity contribution in [2.45, 2.75) is 12.6 Å². The highest BCUT2D eigenvalue weighted by molar-refractivity contribution is 6.08. The van der Waals surface area contributed by atoms with Crippen LogP contribution in [0.25, 0.3) is 10.9 Å². The van der Waals surface area contributed by atoms with Crippen LogP contribution in [-0.2, 0) is 4.79 Å². The molecule has 2 bridgehead atoms. The second kappa shape index (κ2) is 6.75. The molecule has 2 amide bonds. The molecule has 2 fully saturated rings. The first kappa shape index (κ1) is 18.3. The number of aliphatic hydroxyl groups excluding tert-OH is 1. The molecule has 1 saturated heterocycles. The van der Waals surface area contributed by atoms with Crippen molar-refractivity contribution in [3.63, 3.8) is 0 Å². The average molecular weight is 411 g/mol. The zero-order chi connectivity index (χ0) is 21.1. The molecule has 154 valence electrons. The van der Waals surface area contributed by atoms with Gasteiger partial charge in [0, 0.05) is 28.8 Å². The van der Waals surface area contributed by atoms with E-state index in [2.05, 4.69) is 22.5 Å². The lowest BCUT2D eigenvalue weighted by Crippen LogP contribution is -2.36. The number of fused-ring (bicyclic) bond motifs is 6. The lowest BCUT2D eigenvalue weighted by Gasteiger charge is -2.25. The molecule has 2 aliphatic carbocycles. The van der Waals surface area contributed by atoms with Crippen molar-refractivity contribution in [2.24, 2.45) is 23.7 Å². The van der Waals surface area contributed by atoms with Gasteiger partial charge >= 0.3 is 0 Å². The summed E-state index contributed by atoms with van der Waals surface area (Å²) in [5.41, 5.74) is 2.47. The number of allylic oxidation sites excluding steroid dienone is 2. The van der Waals surface area contributed by atoms with Gasteiger partial charge in [0.1, 0.15) is 6.23 Å². The van der Waals surface area contributed by atoms with Crippen LogP contribution in [0.3, 0.4) is 0 Å². The number of nitrogens with zero attached hydrogens (tertiary/aromatic N) is 2. The molecule has 2 heterocycles. The summed E-state index contributed by atoms with van der Waals surface area (Å²) >= 11 is 0. The highest BCUT2D eigenvalue weighted by Gasteiger charge is 2.59. The van der Waals surface area contributed by atoms with Gasteiger partial charge in [0.25, 0.3) is 5.91 Å². The normalized spacial score (nSPS) is 28.4. The minimum Gasteiger partial charge on any atom is -0.373 e. The standard InChI is InChI=1S/C25H21N3O3/c29-23(27-19-5-1-3-14-4-2-12-26-22(14)19)15-8-10-18(11-9-15)28-24(30)20-16-6-7-17(13-16)21(20)25(28)31/h1-12,16-17,20-21,24,30H,13H2,(H,27,29)/t16-,17+,20-,21+,24?/m0/s1. The summed E-state index contributed by atoms with van der Waals surface area (Å²) in [6.07, 6.45) is 6.10. The fourth-order valence-corrected chi connectivity index (χ4v) is 5.53. The zero-order valence-electron chi connectivity index (χ0n) is 16.7. The van der Waals surface area contributed by atoms with Crippen LogP contribution in [0.15, 0.2) is 72.9 Å². The quantitative estimate of drug-likeness (QED) is 0.646. The Bertz CT molecular complexity index is 1230. The number of anilines is 2. The number of amides is 2. The van der Waals surface area contributed by atoms with Crippen molar-refractivity contribution in [3.8, 4) is 0 Å². The smallest absolute Gasteiger partial charge is 0.255 e. The maximum Gasteiger partial charge on any atom is 0.255 e. The van der Waals surface area contributed by atoms with Gasteiger partial charge in [-0.3, -0.25) is 19.5 Å². The molecule has 0 spiro atoms. The first-order valence-electron chi connectivity index (χ1n) is 10.6. The van der Waals surface area contributed by atoms with E-state index in [0.29, 0.717) is 16.9 Å². The maximum absolute atomic E-state index is 13.0. The third kappa shape index (κ3) is 2.72. The van der Waals surface area contributed by atoms with E-state index < -0.39 is 6.23 Å². The lowest BCUT2D eigenvalue weighted by atomic mass is 9.85. The molecule has 1 saturated carbocycles. The second-order valence-electron chi connectivity index (χ2n) is 8.55. The van der Waals surface area contributed by atoms with E-state index in [4.69, 9.17) is 0 Å². The van der Waals surface area contributed by atoms with Crippen molar-refractivity contribution >= 4 is 34.1 Å². The molecule has 1 unspecified atom stereocenters. The summed E-state index contributed by atoms with van der Waals surface area (Å²) < 4.78 is 0. The number of nitrogens with one attached hydrogen (secondary N) is 1. The summed E-state index contributed by atoms with van der Waals surface area (Å²) in [7, 11) is 0. The molecule has 6 nitrogen and oxygen atoms in total. The highest BCUT2D eigenvalue weighted by Crippen LogP contribution is 2.54. The van der Waals surface area contributed by atoms with Crippen molar-refractivity contribution in [1.29, 1.82) is 0 Å². The molecule has 3 aromatic rings. The van der Waals surface area contributed by atoms with E-state index in [1.54, 1.807) is 30.5 Å². The third-order valence-electron chi connectivity index (χ3n) is 6.94. The number of benzene rings is 2. The third-order valence-corrected chi connectivity index (χ3v) is 6.94.